The first-order valence-electron chi connectivity index (χ1n) is 12.4. The van der Waals surface area contributed by atoms with Crippen LogP contribution < -0.4 is 39.3 Å². The molecule has 0 radical (unpaired) electrons. The first kappa shape index (κ1) is 31.6. The number of aliphatic imine (C=N–C) groups is 1. The van der Waals surface area contributed by atoms with E-state index in [0.29, 0.717) is 38.6 Å². The number of hydrogen-bond acceptors (Lipinski definition) is 8. The number of primary amides is 1. The fourth-order valence-corrected chi connectivity index (χ4v) is 3.99. The Kier molecular flexibility index (Phi) is 13.9. The van der Waals surface area contributed by atoms with Crippen molar-refractivity contribution in [1.29, 1.82) is 0 Å². The van der Waals surface area contributed by atoms with Gasteiger partial charge in [-0.15, -0.1) is 0 Å². The minimum absolute atomic E-state index is 0.123. The molecule has 0 aromatic carbocycles. The number of carboxylic acid groups (broad SMARTS) is 1. The lowest BCUT2D eigenvalue weighted by molar-refractivity contribution is -0.149. The highest BCUT2D eigenvalue weighted by Gasteiger charge is 2.38. The minimum atomic E-state index is -1.21. The SMILES string of the molecule is NCCCCC(N)C(=O)NC(CCCN=C(N)N)C(=O)NC(CCC(N)=O)C(=O)N1CCCC1C(=O)O. The number of carbonyl (C=O) groups excluding carboxylic acids is 4. The van der Waals surface area contributed by atoms with Gasteiger partial charge in [0.1, 0.15) is 18.1 Å². The highest BCUT2D eigenvalue weighted by molar-refractivity contribution is 5.94. The van der Waals surface area contributed by atoms with Crippen LogP contribution in [0.4, 0.5) is 0 Å². The summed E-state index contributed by atoms with van der Waals surface area (Å²) in [7, 11) is 0. The molecule has 0 aliphatic carbocycles. The number of carboxylic acids is 1. The van der Waals surface area contributed by atoms with Crippen molar-refractivity contribution in [2.75, 3.05) is 19.6 Å². The van der Waals surface area contributed by atoms with E-state index in [0.717, 1.165) is 0 Å². The van der Waals surface area contributed by atoms with Crippen molar-refractivity contribution < 1.29 is 29.1 Å². The molecule has 0 aromatic rings. The lowest BCUT2D eigenvalue weighted by Crippen LogP contribution is -2.57. The maximum atomic E-state index is 13.2. The smallest absolute Gasteiger partial charge is 0.326 e. The molecule has 1 heterocycles. The Morgan fingerprint density at radius 3 is 2.22 bits per heavy atom. The maximum Gasteiger partial charge on any atom is 0.326 e. The van der Waals surface area contributed by atoms with E-state index >= 15 is 0 Å². The monoisotopic (exact) mass is 527 g/mol. The van der Waals surface area contributed by atoms with Gasteiger partial charge < -0.3 is 49.3 Å². The van der Waals surface area contributed by atoms with Gasteiger partial charge in [0, 0.05) is 19.5 Å². The molecule has 1 fully saturated rings. The van der Waals surface area contributed by atoms with Crippen LogP contribution in [0.1, 0.15) is 57.8 Å². The summed E-state index contributed by atoms with van der Waals surface area (Å²) in [5.41, 5.74) is 27.3. The van der Waals surface area contributed by atoms with E-state index in [-0.39, 0.29) is 44.7 Å². The fraction of sp³-hybridized carbons (Fsp3) is 0.727. The van der Waals surface area contributed by atoms with Crippen LogP contribution in [-0.4, -0.2) is 89.4 Å². The number of carbonyl (C=O) groups is 5. The number of unbranched alkanes of at least 4 members (excludes halogenated alkanes) is 1. The van der Waals surface area contributed by atoms with Crippen molar-refractivity contribution in [2.24, 2.45) is 33.7 Å². The Balaban J connectivity index is 3.02. The largest absolute Gasteiger partial charge is 0.480 e. The Hall–Kier alpha value is -3.46. The first-order valence-corrected chi connectivity index (χ1v) is 12.4. The molecular weight excluding hydrogens is 486 g/mol. The van der Waals surface area contributed by atoms with Gasteiger partial charge in [-0.2, -0.15) is 0 Å². The van der Waals surface area contributed by atoms with Crippen molar-refractivity contribution in [2.45, 2.75) is 82.0 Å². The molecular formula is C22H41N9O6. The zero-order valence-electron chi connectivity index (χ0n) is 21.1. The molecule has 0 saturated carbocycles. The molecule has 1 aliphatic rings. The third kappa shape index (κ3) is 11.4. The lowest BCUT2D eigenvalue weighted by Gasteiger charge is -2.29. The molecule has 15 heteroatoms. The van der Waals surface area contributed by atoms with Crippen molar-refractivity contribution in [3.8, 4) is 0 Å². The van der Waals surface area contributed by atoms with Crippen molar-refractivity contribution in [3.05, 3.63) is 0 Å². The molecule has 0 spiro atoms. The number of likely N-dealkylation sites (tertiary alicyclic amines) is 1. The second kappa shape index (κ2) is 16.3. The highest BCUT2D eigenvalue weighted by atomic mass is 16.4. The second-order valence-electron chi connectivity index (χ2n) is 8.99. The van der Waals surface area contributed by atoms with Crippen LogP contribution in [0.5, 0.6) is 0 Å². The predicted molar refractivity (Wildman–Crippen MR) is 135 cm³/mol. The molecule has 210 valence electrons. The summed E-state index contributed by atoms with van der Waals surface area (Å²) in [4.78, 5) is 67.0. The molecule has 1 aliphatic heterocycles. The molecule has 13 N–H and O–H groups in total. The predicted octanol–water partition coefficient (Wildman–Crippen LogP) is -3.19. The molecule has 37 heavy (non-hydrogen) atoms. The summed E-state index contributed by atoms with van der Waals surface area (Å²) in [5, 5.41) is 14.6. The average Bonchev–Trinajstić information content (AvgIpc) is 3.33. The number of nitrogens with zero attached hydrogens (tertiary/aromatic N) is 2. The van der Waals surface area contributed by atoms with Crippen LogP contribution >= 0.6 is 0 Å². The van der Waals surface area contributed by atoms with Gasteiger partial charge in [-0.1, -0.05) is 6.42 Å². The molecule has 0 aromatic heterocycles. The van der Waals surface area contributed by atoms with E-state index in [4.69, 9.17) is 28.7 Å². The molecule has 0 bridgehead atoms. The van der Waals surface area contributed by atoms with Gasteiger partial charge in [0.05, 0.1) is 6.04 Å². The van der Waals surface area contributed by atoms with Gasteiger partial charge in [0.15, 0.2) is 5.96 Å². The van der Waals surface area contributed by atoms with Crippen LogP contribution in [0.2, 0.25) is 0 Å². The van der Waals surface area contributed by atoms with Crippen LogP contribution in [0.3, 0.4) is 0 Å². The second-order valence-corrected chi connectivity index (χ2v) is 8.99. The fourth-order valence-electron chi connectivity index (χ4n) is 3.99. The van der Waals surface area contributed by atoms with E-state index < -0.39 is 53.8 Å². The van der Waals surface area contributed by atoms with Crippen molar-refractivity contribution in [3.63, 3.8) is 0 Å². The van der Waals surface area contributed by atoms with E-state index in [9.17, 15) is 29.1 Å². The highest BCUT2D eigenvalue weighted by Crippen LogP contribution is 2.20. The van der Waals surface area contributed by atoms with Gasteiger partial charge in [0.2, 0.25) is 23.6 Å². The molecule has 1 rings (SSSR count). The van der Waals surface area contributed by atoms with E-state index in [1.165, 1.54) is 4.90 Å². The molecule has 4 unspecified atom stereocenters. The van der Waals surface area contributed by atoms with Gasteiger partial charge in [-0.05, 0) is 51.5 Å². The van der Waals surface area contributed by atoms with Crippen molar-refractivity contribution in [1.82, 2.24) is 15.5 Å². The molecule has 4 amide bonds. The Labute approximate surface area is 215 Å². The number of aliphatic carboxylic acids is 1. The van der Waals surface area contributed by atoms with Crippen LogP contribution in [-0.2, 0) is 24.0 Å². The first-order chi connectivity index (χ1) is 17.5. The summed E-state index contributed by atoms with van der Waals surface area (Å²) in [6.45, 7) is 0.863. The number of nitrogens with two attached hydrogens (primary N) is 5. The number of guanidine groups is 1. The van der Waals surface area contributed by atoms with Gasteiger partial charge in [-0.25, -0.2) is 4.79 Å². The molecule has 1 saturated heterocycles. The lowest BCUT2D eigenvalue weighted by atomic mass is 10.0. The number of rotatable bonds is 17. The van der Waals surface area contributed by atoms with Gasteiger partial charge in [0.25, 0.3) is 0 Å². The number of amides is 4. The van der Waals surface area contributed by atoms with Gasteiger partial charge in [-0.3, -0.25) is 24.2 Å². The maximum absolute atomic E-state index is 13.2. The Morgan fingerprint density at radius 1 is 0.946 bits per heavy atom. The van der Waals surface area contributed by atoms with E-state index in [1.807, 2.05) is 0 Å². The third-order valence-electron chi connectivity index (χ3n) is 6.00. The number of nitrogens with one attached hydrogen (secondary N) is 2. The molecule has 4 atom stereocenters. The van der Waals surface area contributed by atoms with Crippen LogP contribution in [0, 0.1) is 0 Å². The standard InChI is InChI=1S/C22H41N9O6/c23-10-2-1-5-13(24)18(33)29-14(6-3-11-28-22(26)27)19(34)30-15(8-9-17(25)32)20(35)31-12-4-7-16(31)21(36)37/h13-16H,1-12,23-24H2,(H2,25,32)(H,29,33)(H,30,34)(H,36,37)(H4,26,27,28). The molecule has 15 nitrogen and oxygen atoms in total. The van der Waals surface area contributed by atoms with Crippen LogP contribution in [0.15, 0.2) is 4.99 Å². The Bertz CT molecular complexity index is 833. The van der Waals surface area contributed by atoms with E-state index in [1.54, 1.807) is 0 Å². The Morgan fingerprint density at radius 2 is 1.62 bits per heavy atom. The zero-order valence-corrected chi connectivity index (χ0v) is 21.1. The summed E-state index contributed by atoms with van der Waals surface area (Å²) in [5.74, 6) is -3.84. The quantitative estimate of drug-likeness (QED) is 0.0532. The third-order valence-corrected chi connectivity index (χ3v) is 6.00. The minimum Gasteiger partial charge on any atom is -0.480 e. The summed E-state index contributed by atoms with van der Waals surface area (Å²) < 4.78 is 0. The normalized spacial score (nSPS) is 17.4. The van der Waals surface area contributed by atoms with Crippen molar-refractivity contribution >= 4 is 35.6 Å². The summed E-state index contributed by atoms with van der Waals surface area (Å²) in [6, 6.07) is -4.19. The van der Waals surface area contributed by atoms with Crippen LogP contribution in [0.25, 0.3) is 0 Å². The number of hydrogen-bond donors (Lipinski definition) is 8. The summed E-state index contributed by atoms with van der Waals surface area (Å²) >= 11 is 0. The summed E-state index contributed by atoms with van der Waals surface area (Å²) in [6.07, 6.45) is 2.59. The van der Waals surface area contributed by atoms with E-state index in [2.05, 4.69) is 15.6 Å². The topological polar surface area (TPSA) is 275 Å². The average molecular weight is 528 g/mol. The van der Waals surface area contributed by atoms with Gasteiger partial charge >= 0.3 is 5.97 Å². The zero-order chi connectivity index (χ0) is 28.0.